The summed E-state index contributed by atoms with van der Waals surface area (Å²) < 4.78 is 11.3. The van der Waals surface area contributed by atoms with Gasteiger partial charge in [-0.05, 0) is 51.7 Å². The Morgan fingerprint density at radius 1 is 1.19 bits per heavy atom. The van der Waals surface area contributed by atoms with Crippen molar-refractivity contribution >= 4 is 36.8 Å². The van der Waals surface area contributed by atoms with Gasteiger partial charge < -0.3 is 14.3 Å². The number of carbonyl (C=O) groups is 2. The van der Waals surface area contributed by atoms with E-state index in [-0.39, 0.29) is 15.9 Å². The number of hydrogen-bond acceptors (Lipinski definition) is 6. The molecule has 0 aromatic carbocycles. The molecule has 7 nitrogen and oxygen atoms in total. The van der Waals surface area contributed by atoms with Gasteiger partial charge in [0.2, 0.25) is 0 Å². The molecule has 0 atom stereocenters. The van der Waals surface area contributed by atoms with Crippen molar-refractivity contribution in [2.75, 3.05) is 11.9 Å². The number of aromatic carboxylic acids is 1. The van der Waals surface area contributed by atoms with Gasteiger partial charge in [-0.1, -0.05) is 20.8 Å². The molecule has 0 unspecified atom stereocenters. The molecule has 0 bridgehead atoms. The summed E-state index contributed by atoms with van der Waals surface area (Å²) >= 11 is 1.16. The van der Waals surface area contributed by atoms with Crippen LogP contribution in [0.15, 0.2) is 0 Å². The van der Waals surface area contributed by atoms with E-state index < -0.39 is 26.0 Å². The van der Waals surface area contributed by atoms with Crippen molar-refractivity contribution in [3.63, 3.8) is 0 Å². The van der Waals surface area contributed by atoms with E-state index in [0.29, 0.717) is 24.3 Å². The van der Waals surface area contributed by atoms with Gasteiger partial charge >= 0.3 is 12.1 Å². The van der Waals surface area contributed by atoms with Crippen LogP contribution in [0.1, 0.15) is 63.3 Å². The number of carboxylic acid groups (broad SMARTS) is 1. The van der Waals surface area contributed by atoms with Gasteiger partial charge in [0.05, 0.1) is 0 Å². The van der Waals surface area contributed by atoms with Crippen molar-refractivity contribution in [3.8, 4) is 0 Å². The van der Waals surface area contributed by atoms with E-state index in [4.69, 9.17) is 9.16 Å². The highest BCUT2D eigenvalue weighted by Crippen LogP contribution is 2.36. The van der Waals surface area contributed by atoms with Crippen LogP contribution in [0.4, 0.5) is 9.93 Å². The van der Waals surface area contributed by atoms with E-state index in [2.05, 4.69) is 44.2 Å². The normalized spacial score (nSPS) is 12.7. The quantitative estimate of drug-likeness (QED) is 0.471. The lowest BCUT2D eigenvalue weighted by Crippen LogP contribution is -2.41. The summed E-state index contributed by atoms with van der Waals surface area (Å²) in [6.07, 6.45) is 0.575. The van der Waals surface area contributed by atoms with E-state index in [1.807, 2.05) is 0 Å². The van der Waals surface area contributed by atoms with Gasteiger partial charge in [-0.15, -0.1) is 11.3 Å². The van der Waals surface area contributed by atoms with Gasteiger partial charge in [0, 0.05) is 11.5 Å². The van der Waals surface area contributed by atoms with Crippen LogP contribution in [0.5, 0.6) is 0 Å². The minimum absolute atomic E-state index is 0.0293. The zero-order valence-electron chi connectivity index (χ0n) is 17.6. The van der Waals surface area contributed by atoms with Crippen molar-refractivity contribution in [1.29, 1.82) is 0 Å². The number of rotatable bonds is 7. The van der Waals surface area contributed by atoms with Crippen LogP contribution in [0.2, 0.25) is 18.1 Å². The molecule has 0 fully saturated rings. The standard InChI is InChI=1S/C18H32N2O5SSi/c1-17(2,3)25-16(23)20-15-19-13(14(21)22)12(26-15)10-9-11-24-27(7,8)18(4,5)6/h9-11H2,1-8H3,(H,21,22)(H,19,20,23). The Labute approximate surface area is 166 Å². The maximum absolute atomic E-state index is 11.9. The molecule has 1 aromatic heterocycles. The molecule has 0 saturated carbocycles. The van der Waals surface area contributed by atoms with Gasteiger partial charge in [-0.3, -0.25) is 5.32 Å². The summed E-state index contributed by atoms with van der Waals surface area (Å²) in [5, 5.41) is 12.2. The molecule has 1 rings (SSSR count). The first-order chi connectivity index (χ1) is 12.1. The number of carbonyl (C=O) groups excluding carboxylic acids is 1. The van der Waals surface area contributed by atoms with E-state index in [1.54, 1.807) is 20.8 Å². The summed E-state index contributed by atoms with van der Waals surface area (Å²) in [6.45, 7) is 16.7. The Morgan fingerprint density at radius 3 is 2.26 bits per heavy atom. The highest BCUT2D eigenvalue weighted by molar-refractivity contribution is 7.16. The number of aryl methyl sites for hydroxylation is 1. The molecule has 0 aliphatic carbocycles. The fourth-order valence-corrected chi connectivity index (χ4v) is 3.98. The average molecular weight is 417 g/mol. The lowest BCUT2D eigenvalue weighted by molar-refractivity contribution is 0.0632. The van der Waals surface area contributed by atoms with Crippen LogP contribution in [0.25, 0.3) is 0 Å². The number of amides is 1. The third kappa shape index (κ3) is 7.59. The Bertz CT molecular complexity index is 674. The molecule has 0 aliphatic heterocycles. The van der Waals surface area contributed by atoms with Crippen molar-refractivity contribution < 1.29 is 23.9 Å². The smallest absolute Gasteiger partial charge is 0.413 e. The summed E-state index contributed by atoms with van der Waals surface area (Å²) in [5.41, 5.74) is -0.667. The zero-order valence-corrected chi connectivity index (χ0v) is 19.4. The first-order valence-corrected chi connectivity index (χ1v) is 12.7. The first-order valence-electron chi connectivity index (χ1n) is 8.99. The molecule has 2 N–H and O–H groups in total. The van der Waals surface area contributed by atoms with Crippen LogP contribution >= 0.6 is 11.3 Å². The summed E-state index contributed by atoms with van der Waals surface area (Å²) in [4.78, 5) is 27.9. The predicted octanol–water partition coefficient (Wildman–Crippen LogP) is 5.14. The third-order valence-corrected chi connectivity index (χ3v) is 9.89. The third-order valence-electron chi connectivity index (χ3n) is 4.33. The molecule has 0 aliphatic rings. The van der Waals surface area contributed by atoms with Gasteiger partial charge in [0.25, 0.3) is 0 Å². The molecule has 27 heavy (non-hydrogen) atoms. The van der Waals surface area contributed by atoms with Crippen LogP contribution in [0.3, 0.4) is 0 Å². The maximum atomic E-state index is 11.9. The Balaban J connectivity index is 2.71. The Morgan fingerprint density at radius 2 is 1.78 bits per heavy atom. The molecule has 9 heteroatoms. The molecule has 0 spiro atoms. The van der Waals surface area contributed by atoms with E-state index in [0.717, 1.165) is 11.3 Å². The molecule has 1 heterocycles. The number of nitrogens with one attached hydrogen (secondary N) is 1. The molecular weight excluding hydrogens is 384 g/mol. The summed E-state index contributed by atoms with van der Waals surface area (Å²) in [7, 11) is -1.82. The molecule has 1 aromatic rings. The topological polar surface area (TPSA) is 97.8 Å². The van der Waals surface area contributed by atoms with Gasteiger partial charge in [0.15, 0.2) is 19.1 Å². The van der Waals surface area contributed by atoms with Crippen LogP contribution in [-0.2, 0) is 15.6 Å². The van der Waals surface area contributed by atoms with E-state index in [1.165, 1.54) is 0 Å². The number of ether oxygens (including phenoxy) is 1. The molecule has 154 valence electrons. The molecule has 0 saturated heterocycles. The van der Waals surface area contributed by atoms with Crippen molar-refractivity contribution in [3.05, 3.63) is 10.6 Å². The first kappa shape index (κ1) is 23.6. The van der Waals surface area contributed by atoms with Crippen molar-refractivity contribution in [2.24, 2.45) is 0 Å². The number of carboxylic acids is 1. The average Bonchev–Trinajstić information content (AvgIpc) is 2.83. The largest absolute Gasteiger partial charge is 0.476 e. The molecular formula is C18H32N2O5SSi. The Kier molecular flexibility index (Phi) is 7.60. The highest BCUT2D eigenvalue weighted by atomic mass is 32.1. The summed E-state index contributed by atoms with van der Waals surface area (Å²) in [6, 6.07) is 0. The number of hydrogen-bond donors (Lipinski definition) is 2. The lowest BCUT2D eigenvalue weighted by Gasteiger charge is -2.36. The fraction of sp³-hybridized carbons (Fsp3) is 0.722. The molecule has 1 amide bonds. The number of aromatic nitrogens is 1. The second-order valence-electron chi connectivity index (χ2n) is 8.94. The molecule has 0 radical (unpaired) electrons. The van der Waals surface area contributed by atoms with Crippen molar-refractivity contribution in [1.82, 2.24) is 4.98 Å². The van der Waals surface area contributed by atoms with E-state index >= 15 is 0 Å². The predicted molar refractivity (Wildman–Crippen MR) is 110 cm³/mol. The zero-order chi connectivity index (χ0) is 21.0. The lowest BCUT2D eigenvalue weighted by atomic mass is 10.2. The van der Waals surface area contributed by atoms with Gasteiger partial charge in [-0.25, -0.2) is 14.6 Å². The number of thiazole rings is 1. The summed E-state index contributed by atoms with van der Waals surface area (Å²) in [5.74, 6) is -1.11. The monoisotopic (exact) mass is 416 g/mol. The van der Waals surface area contributed by atoms with Crippen molar-refractivity contribution in [2.45, 2.75) is 78.1 Å². The SMILES string of the molecule is CC(C)(C)OC(=O)Nc1nc(C(=O)O)c(CCCO[Si](C)(C)C(C)(C)C)s1. The highest BCUT2D eigenvalue weighted by Gasteiger charge is 2.36. The fourth-order valence-electron chi connectivity index (χ4n) is 1.91. The van der Waals surface area contributed by atoms with Gasteiger partial charge in [-0.2, -0.15) is 0 Å². The minimum atomic E-state index is -1.82. The van der Waals surface area contributed by atoms with Crippen LogP contribution in [-0.4, -0.2) is 42.7 Å². The second-order valence-corrected chi connectivity index (χ2v) is 14.8. The number of anilines is 1. The second kappa shape index (κ2) is 8.70. The van der Waals surface area contributed by atoms with Crippen LogP contribution in [0, 0.1) is 0 Å². The van der Waals surface area contributed by atoms with Gasteiger partial charge in [0.1, 0.15) is 5.60 Å². The van der Waals surface area contributed by atoms with E-state index in [9.17, 15) is 14.7 Å². The van der Waals surface area contributed by atoms with Crippen LogP contribution < -0.4 is 5.32 Å². The minimum Gasteiger partial charge on any atom is -0.476 e. The number of nitrogens with zero attached hydrogens (tertiary/aromatic N) is 1. The Hall–Kier alpha value is -1.45. The maximum Gasteiger partial charge on any atom is 0.413 e.